The zero-order valence-electron chi connectivity index (χ0n) is 10.2. The van der Waals surface area contributed by atoms with Crippen molar-refractivity contribution in [3.63, 3.8) is 0 Å². The molecule has 2 rings (SSSR count). The summed E-state index contributed by atoms with van der Waals surface area (Å²) in [5.41, 5.74) is 2.04. The summed E-state index contributed by atoms with van der Waals surface area (Å²) in [6, 6.07) is 6.96. The highest BCUT2D eigenvalue weighted by Crippen LogP contribution is 2.22. The van der Waals surface area contributed by atoms with Crippen LogP contribution in [0.4, 0.5) is 4.39 Å². The summed E-state index contributed by atoms with van der Waals surface area (Å²) in [5.74, 6) is -0.207. The van der Waals surface area contributed by atoms with E-state index >= 15 is 0 Å². The van der Waals surface area contributed by atoms with Gasteiger partial charge in [-0.15, -0.1) is 0 Å². The third kappa shape index (κ3) is 2.54. The highest BCUT2D eigenvalue weighted by molar-refractivity contribution is 5.61. The molecule has 0 aliphatic carbocycles. The molecule has 0 atom stereocenters. The summed E-state index contributed by atoms with van der Waals surface area (Å²) in [4.78, 5) is 0. The molecule has 0 spiro atoms. The minimum Gasteiger partial charge on any atom is -0.269 e. The Morgan fingerprint density at radius 1 is 1.12 bits per heavy atom. The lowest BCUT2D eigenvalue weighted by molar-refractivity contribution is 0.428. The van der Waals surface area contributed by atoms with Crippen molar-refractivity contribution in [1.82, 2.24) is 9.78 Å². The van der Waals surface area contributed by atoms with E-state index in [-0.39, 0.29) is 5.82 Å². The van der Waals surface area contributed by atoms with Crippen LogP contribution in [-0.4, -0.2) is 9.78 Å². The Labute approximate surface area is 101 Å². The van der Waals surface area contributed by atoms with Crippen molar-refractivity contribution in [3.05, 3.63) is 42.5 Å². The summed E-state index contributed by atoms with van der Waals surface area (Å²) in [6.45, 7) is 4.32. The molecule has 0 bridgehead atoms. The molecule has 0 N–H and O–H groups in total. The van der Waals surface area contributed by atoms with Crippen LogP contribution in [0.2, 0.25) is 0 Å². The van der Waals surface area contributed by atoms with E-state index in [0.29, 0.717) is 6.04 Å². The van der Waals surface area contributed by atoms with E-state index in [1.807, 2.05) is 17.1 Å². The molecule has 0 aliphatic rings. The van der Waals surface area contributed by atoms with Gasteiger partial charge < -0.3 is 0 Å². The Morgan fingerprint density at radius 2 is 1.76 bits per heavy atom. The van der Waals surface area contributed by atoms with Gasteiger partial charge in [-0.3, -0.25) is 4.68 Å². The standard InChI is InChI=1S/C14H17FN2/c1-3-14(4-2)17-10-12(9-16-17)11-5-7-13(15)8-6-11/h5-10,14H,3-4H2,1-2H3. The first kappa shape index (κ1) is 11.8. The molecule has 0 radical (unpaired) electrons. The maximum absolute atomic E-state index is 12.8. The van der Waals surface area contributed by atoms with Crippen LogP contribution < -0.4 is 0 Å². The van der Waals surface area contributed by atoms with E-state index in [2.05, 4.69) is 18.9 Å². The van der Waals surface area contributed by atoms with Crippen molar-refractivity contribution in [2.24, 2.45) is 0 Å². The quantitative estimate of drug-likeness (QED) is 0.777. The van der Waals surface area contributed by atoms with Crippen LogP contribution in [0.25, 0.3) is 11.1 Å². The fraction of sp³-hybridized carbons (Fsp3) is 0.357. The summed E-state index contributed by atoms with van der Waals surface area (Å²) in [5, 5.41) is 4.38. The molecular formula is C14H17FN2. The van der Waals surface area contributed by atoms with Gasteiger partial charge in [0.25, 0.3) is 0 Å². The van der Waals surface area contributed by atoms with Crippen LogP contribution in [0.3, 0.4) is 0 Å². The van der Waals surface area contributed by atoms with Crippen LogP contribution in [0.5, 0.6) is 0 Å². The van der Waals surface area contributed by atoms with Crippen molar-refractivity contribution in [2.75, 3.05) is 0 Å². The maximum Gasteiger partial charge on any atom is 0.123 e. The average molecular weight is 232 g/mol. The van der Waals surface area contributed by atoms with Crippen LogP contribution >= 0.6 is 0 Å². The van der Waals surface area contributed by atoms with E-state index in [9.17, 15) is 4.39 Å². The largest absolute Gasteiger partial charge is 0.269 e. The topological polar surface area (TPSA) is 17.8 Å². The zero-order valence-corrected chi connectivity index (χ0v) is 10.2. The monoisotopic (exact) mass is 232 g/mol. The van der Waals surface area contributed by atoms with Crippen LogP contribution in [-0.2, 0) is 0 Å². The number of aromatic nitrogens is 2. The first-order valence-electron chi connectivity index (χ1n) is 6.04. The fourth-order valence-electron chi connectivity index (χ4n) is 1.99. The highest BCUT2D eigenvalue weighted by Gasteiger charge is 2.08. The fourth-order valence-corrected chi connectivity index (χ4v) is 1.99. The van der Waals surface area contributed by atoms with Crippen molar-refractivity contribution in [2.45, 2.75) is 32.7 Å². The van der Waals surface area contributed by atoms with Crippen molar-refractivity contribution in [1.29, 1.82) is 0 Å². The first-order valence-corrected chi connectivity index (χ1v) is 6.04. The van der Waals surface area contributed by atoms with E-state index in [4.69, 9.17) is 0 Å². The Hall–Kier alpha value is -1.64. The van der Waals surface area contributed by atoms with Gasteiger partial charge in [0.05, 0.1) is 12.2 Å². The van der Waals surface area contributed by atoms with Gasteiger partial charge in [0.15, 0.2) is 0 Å². The minimum absolute atomic E-state index is 0.207. The van der Waals surface area contributed by atoms with Crippen LogP contribution in [0.15, 0.2) is 36.7 Å². The summed E-state index contributed by atoms with van der Waals surface area (Å²) >= 11 is 0. The zero-order chi connectivity index (χ0) is 12.3. The molecular weight excluding hydrogens is 215 g/mol. The second-order valence-electron chi connectivity index (χ2n) is 4.19. The molecule has 0 saturated heterocycles. The molecule has 1 aromatic heterocycles. The van der Waals surface area contributed by atoms with Gasteiger partial charge >= 0.3 is 0 Å². The van der Waals surface area contributed by atoms with Gasteiger partial charge in [0.1, 0.15) is 5.82 Å². The van der Waals surface area contributed by atoms with Gasteiger partial charge in [0, 0.05) is 11.8 Å². The number of rotatable bonds is 4. The number of hydrogen-bond donors (Lipinski definition) is 0. The first-order chi connectivity index (χ1) is 8.24. The second-order valence-corrected chi connectivity index (χ2v) is 4.19. The minimum atomic E-state index is -0.207. The molecule has 2 nitrogen and oxygen atoms in total. The lowest BCUT2D eigenvalue weighted by Gasteiger charge is -2.12. The third-order valence-corrected chi connectivity index (χ3v) is 3.10. The van der Waals surface area contributed by atoms with E-state index in [1.165, 1.54) is 12.1 Å². The Kier molecular flexibility index (Phi) is 3.57. The molecule has 0 aliphatic heterocycles. The second kappa shape index (κ2) is 5.13. The van der Waals surface area contributed by atoms with Gasteiger partial charge in [-0.1, -0.05) is 26.0 Å². The lowest BCUT2D eigenvalue weighted by atomic mass is 10.1. The Bertz CT molecular complexity index is 469. The number of benzene rings is 1. The Balaban J connectivity index is 2.26. The molecule has 3 heteroatoms. The van der Waals surface area contributed by atoms with Gasteiger partial charge in [-0.05, 0) is 30.5 Å². The number of hydrogen-bond acceptors (Lipinski definition) is 1. The molecule has 2 aromatic rings. The van der Waals surface area contributed by atoms with Gasteiger partial charge in [-0.2, -0.15) is 5.10 Å². The molecule has 0 amide bonds. The summed E-state index contributed by atoms with van der Waals surface area (Å²) < 4.78 is 14.8. The molecule has 0 fully saturated rings. The van der Waals surface area contributed by atoms with Crippen molar-refractivity contribution >= 4 is 0 Å². The number of nitrogens with zero attached hydrogens (tertiary/aromatic N) is 2. The number of halogens is 1. The normalized spacial score (nSPS) is 11.1. The van der Waals surface area contributed by atoms with Crippen LogP contribution in [0, 0.1) is 5.82 Å². The third-order valence-electron chi connectivity index (χ3n) is 3.10. The van der Waals surface area contributed by atoms with Crippen molar-refractivity contribution in [3.8, 4) is 11.1 Å². The molecule has 1 heterocycles. The van der Waals surface area contributed by atoms with Crippen LogP contribution in [0.1, 0.15) is 32.7 Å². The van der Waals surface area contributed by atoms with E-state index in [0.717, 1.165) is 24.0 Å². The highest BCUT2D eigenvalue weighted by atomic mass is 19.1. The summed E-state index contributed by atoms with van der Waals surface area (Å²) in [6.07, 6.45) is 6.01. The molecule has 1 aromatic carbocycles. The smallest absolute Gasteiger partial charge is 0.123 e. The predicted octanol–water partition coefficient (Wildman–Crippen LogP) is 4.05. The molecule has 0 saturated carbocycles. The lowest BCUT2D eigenvalue weighted by Crippen LogP contribution is -2.06. The average Bonchev–Trinajstić information content (AvgIpc) is 2.81. The van der Waals surface area contributed by atoms with E-state index in [1.54, 1.807) is 12.1 Å². The van der Waals surface area contributed by atoms with E-state index < -0.39 is 0 Å². The van der Waals surface area contributed by atoms with Crippen molar-refractivity contribution < 1.29 is 4.39 Å². The SMILES string of the molecule is CCC(CC)n1cc(-c2ccc(F)cc2)cn1. The van der Waals surface area contributed by atoms with Gasteiger partial charge in [-0.25, -0.2) is 4.39 Å². The predicted molar refractivity (Wildman–Crippen MR) is 67.2 cm³/mol. The molecule has 17 heavy (non-hydrogen) atoms. The maximum atomic E-state index is 12.8. The Morgan fingerprint density at radius 3 is 2.35 bits per heavy atom. The van der Waals surface area contributed by atoms with Gasteiger partial charge in [0.2, 0.25) is 0 Å². The molecule has 0 unspecified atom stereocenters. The molecule has 90 valence electrons. The summed E-state index contributed by atoms with van der Waals surface area (Å²) in [7, 11) is 0.